The molecule has 0 saturated heterocycles. The van der Waals surface area contributed by atoms with Gasteiger partial charge < -0.3 is 10.3 Å². The van der Waals surface area contributed by atoms with Crippen LogP contribution in [0.5, 0.6) is 0 Å². The van der Waals surface area contributed by atoms with Crippen LogP contribution >= 0.6 is 15.9 Å². The highest BCUT2D eigenvalue weighted by atomic mass is 79.9. The Kier molecular flexibility index (Phi) is 2.96. The first-order valence-electron chi connectivity index (χ1n) is 5.94. The lowest BCUT2D eigenvalue weighted by Crippen LogP contribution is -2.35. The van der Waals surface area contributed by atoms with Crippen molar-refractivity contribution in [2.45, 2.75) is 18.9 Å². The number of benzene rings is 1. The number of aromatic amines is 1. The molecule has 0 aliphatic heterocycles. The van der Waals surface area contributed by atoms with Gasteiger partial charge in [0.25, 0.3) is 5.91 Å². The van der Waals surface area contributed by atoms with E-state index in [9.17, 15) is 4.79 Å². The summed E-state index contributed by atoms with van der Waals surface area (Å²) >= 11 is 3.33. The number of rotatable bonds is 2. The van der Waals surface area contributed by atoms with Gasteiger partial charge in [0, 0.05) is 16.7 Å². The zero-order chi connectivity index (χ0) is 12.5. The molecule has 2 aromatic rings. The minimum Gasteiger partial charge on any atom is -0.356 e. The molecular formula is C14H13BrN2O. The number of H-pyrrole nitrogens is 1. The topological polar surface area (TPSA) is 44.9 Å². The number of amides is 1. The van der Waals surface area contributed by atoms with E-state index in [1.807, 2.05) is 12.1 Å². The largest absolute Gasteiger partial charge is 0.356 e. The van der Waals surface area contributed by atoms with Crippen LogP contribution in [0.4, 0.5) is 0 Å². The molecule has 0 saturated carbocycles. The molecule has 4 heteroatoms. The summed E-state index contributed by atoms with van der Waals surface area (Å²) in [5.74, 6) is -0.0430. The lowest BCUT2D eigenvalue weighted by molar-refractivity contribution is 0.0934. The van der Waals surface area contributed by atoms with Crippen molar-refractivity contribution in [2.24, 2.45) is 0 Å². The Hall–Kier alpha value is -1.55. The van der Waals surface area contributed by atoms with Crippen LogP contribution in [-0.2, 0) is 12.8 Å². The number of nitrogens with one attached hydrogen (secondary N) is 2. The average Bonchev–Trinajstić information content (AvgIpc) is 2.94. The molecule has 2 N–H and O–H groups in total. The quantitative estimate of drug-likeness (QED) is 0.880. The van der Waals surface area contributed by atoms with Crippen LogP contribution < -0.4 is 5.32 Å². The van der Waals surface area contributed by atoms with Gasteiger partial charge in [0.05, 0.1) is 0 Å². The number of hydrogen-bond acceptors (Lipinski definition) is 1. The van der Waals surface area contributed by atoms with Gasteiger partial charge in [-0.05, 0) is 46.0 Å². The summed E-state index contributed by atoms with van der Waals surface area (Å²) in [4.78, 5) is 14.9. The predicted octanol–water partition coefficient (Wildman–Crippen LogP) is 2.67. The second-order valence-corrected chi connectivity index (χ2v) is 5.49. The number of carbonyl (C=O) groups is 1. The van der Waals surface area contributed by atoms with Crippen LogP contribution in [0.15, 0.2) is 41.0 Å². The maximum absolute atomic E-state index is 12.0. The minimum absolute atomic E-state index is 0.0430. The third-order valence-corrected chi connectivity index (χ3v) is 3.74. The van der Waals surface area contributed by atoms with E-state index < -0.39 is 0 Å². The number of halogens is 1. The van der Waals surface area contributed by atoms with Crippen LogP contribution in [0.25, 0.3) is 0 Å². The van der Waals surface area contributed by atoms with Crippen molar-refractivity contribution in [3.05, 3.63) is 57.8 Å². The Balaban J connectivity index is 1.68. The van der Waals surface area contributed by atoms with E-state index in [-0.39, 0.29) is 11.9 Å². The molecule has 18 heavy (non-hydrogen) atoms. The fourth-order valence-corrected chi connectivity index (χ4v) is 2.77. The van der Waals surface area contributed by atoms with Crippen LogP contribution in [0, 0.1) is 0 Å². The van der Waals surface area contributed by atoms with Crippen molar-refractivity contribution >= 4 is 21.8 Å². The van der Waals surface area contributed by atoms with E-state index in [1.54, 1.807) is 12.3 Å². The van der Waals surface area contributed by atoms with Crippen molar-refractivity contribution < 1.29 is 4.79 Å². The smallest absolute Gasteiger partial charge is 0.267 e. The molecule has 1 aromatic heterocycles. The summed E-state index contributed by atoms with van der Waals surface area (Å²) in [5.41, 5.74) is 3.28. The standard InChI is InChI=1S/C14H13BrN2O/c15-11-7-13(16-8-11)14(18)17-12-5-9-3-1-2-4-10(9)6-12/h1-4,7-8,12,16H,5-6H2,(H,17,18). The van der Waals surface area contributed by atoms with E-state index in [0.29, 0.717) is 5.69 Å². The molecule has 1 aliphatic rings. The third kappa shape index (κ3) is 2.20. The number of aromatic nitrogens is 1. The molecule has 0 spiro atoms. The SMILES string of the molecule is O=C(NC1Cc2ccccc2C1)c1cc(Br)c[nH]1. The molecule has 0 fully saturated rings. The van der Waals surface area contributed by atoms with Gasteiger partial charge in [-0.15, -0.1) is 0 Å². The maximum Gasteiger partial charge on any atom is 0.267 e. The van der Waals surface area contributed by atoms with Crippen LogP contribution in [0.3, 0.4) is 0 Å². The van der Waals surface area contributed by atoms with E-state index in [1.165, 1.54) is 11.1 Å². The number of carbonyl (C=O) groups excluding carboxylic acids is 1. The summed E-state index contributed by atoms with van der Waals surface area (Å²) in [6, 6.07) is 10.4. The molecule has 3 nitrogen and oxygen atoms in total. The van der Waals surface area contributed by atoms with Gasteiger partial charge in [0.1, 0.15) is 5.69 Å². The Morgan fingerprint density at radius 3 is 2.50 bits per heavy atom. The zero-order valence-corrected chi connectivity index (χ0v) is 11.3. The Bertz CT molecular complexity index is 566. The number of hydrogen-bond donors (Lipinski definition) is 2. The molecule has 1 aliphatic carbocycles. The lowest BCUT2D eigenvalue weighted by atomic mass is 10.1. The first kappa shape index (κ1) is 11.5. The summed E-state index contributed by atoms with van der Waals surface area (Å²) in [6.45, 7) is 0. The van der Waals surface area contributed by atoms with E-state index in [2.05, 4.69) is 38.4 Å². The summed E-state index contributed by atoms with van der Waals surface area (Å²) in [6.07, 6.45) is 3.60. The van der Waals surface area contributed by atoms with Crippen molar-refractivity contribution in [3.63, 3.8) is 0 Å². The van der Waals surface area contributed by atoms with E-state index in [0.717, 1.165) is 17.3 Å². The maximum atomic E-state index is 12.0. The summed E-state index contributed by atoms with van der Waals surface area (Å²) in [5, 5.41) is 3.06. The Morgan fingerprint density at radius 2 is 1.94 bits per heavy atom. The third-order valence-electron chi connectivity index (χ3n) is 3.28. The molecular weight excluding hydrogens is 292 g/mol. The number of fused-ring (bicyclic) bond motifs is 1. The van der Waals surface area contributed by atoms with Crippen molar-refractivity contribution in [1.29, 1.82) is 0 Å². The second-order valence-electron chi connectivity index (χ2n) is 4.58. The van der Waals surface area contributed by atoms with Crippen LogP contribution in [0.2, 0.25) is 0 Å². The molecule has 1 aromatic carbocycles. The highest BCUT2D eigenvalue weighted by Crippen LogP contribution is 2.22. The summed E-state index contributed by atoms with van der Waals surface area (Å²) in [7, 11) is 0. The fraction of sp³-hybridized carbons (Fsp3) is 0.214. The highest BCUT2D eigenvalue weighted by molar-refractivity contribution is 9.10. The lowest BCUT2D eigenvalue weighted by Gasteiger charge is -2.10. The monoisotopic (exact) mass is 304 g/mol. The van der Waals surface area contributed by atoms with Gasteiger partial charge >= 0.3 is 0 Å². The molecule has 3 rings (SSSR count). The van der Waals surface area contributed by atoms with E-state index in [4.69, 9.17) is 0 Å². The minimum atomic E-state index is -0.0430. The first-order valence-corrected chi connectivity index (χ1v) is 6.73. The van der Waals surface area contributed by atoms with Crippen LogP contribution in [-0.4, -0.2) is 16.9 Å². The van der Waals surface area contributed by atoms with Crippen LogP contribution in [0.1, 0.15) is 21.6 Å². The van der Waals surface area contributed by atoms with Gasteiger partial charge in [0.15, 0.2) is 0 Å². The Labute approximate surface area is 114 Å². The summed E-state index contributed by atoms with van der Waals surface area (Å²) < 4.78 is 0.891. The van der Waals surface area contributed by atoms with Crippen molar-refractivity contribution in [3.8, 4) is 0 Å². The highest BCUT2D eigenvalue weighted by Gasteiger charge is 2.23. The molecule has 0 atom stereocenters. The second kappa shape index (κ2) is 4.61. The molecule has 0 unspecified atom stereocenters. The van der Waals surface area contributed by atoms with E-state index >= 15 is 0 Å². The Morgan fingerprint density at radius 1 is 1.28 bits per heavy atom. The fourth-order valence-electron chi connectivity index (χ4n) is 2.42. The molecule has 0 bridgehead atoms. The molecule has 1 heterocycles. The van der Waals surface area contributed by atoms with Crippen molar-refractivity contribution in [2.75, 3.05) is 0 Å². The zero-order valence-electron chi connectivity index (χ0n) is 9.74. The molecule has 0 radical (unpaired) electrons. The molecule has 92 valence electrons. The first-order chi connectivity index (χ1) is 8.72. The molecule has 1 amide bonds. The normalized spacial score (nSPS) is 14.5. The van der Waals surface area contributed by atoms with Gasteiger partial charge in [-0.2, -0.15) is 0 Å². The predicted molar refractivity (Wildman–Crippen MR) is 73.6 cm³/mol. The van der Waals surface area contributed by atoms with Crippen molar-refractivity contribution in [1.82, 2.24) is 10.3 Å². The van der Waals surface area contributed by atoms with Gasteiger partial charge in [-0.25, -0.2) is 0 Å². The van der Waals surface area contributed by atoms with Gasteiger partial charge in [-0.3, -0.25) is 4.79 Å². The average molecular weight is 305 g/mol. The van der Waals surface area contributed by atoms with Gasteiger partial charge in [-0.1, -0.05) is 24.3 Å². The van der Waals surface area contributed by atoms with Gasteiger partial charge in [0.2, 0.25) is 0 Å².